The van der Waals surface area contributed by atoms with Crippen molar-refractivity contribution in [3.8, 4) is 0 Å². The first-order valence-electron chi connectivity index (χ1n) is 5.95. The molecule has 0 saturated carbocycles. The van der Waals surface area contributed by atoms with Gasteiger partial charge in [0, 0.05) is 12.2 Å². The first kappa shape index (κ1) is 12.0. The monoisotopic (exact) mass is 206 g/mol. The van der Waals surface area contributed by atoms with E-state index in [4.69, 9.17) is 0 Å². The number of rotatable bonds is 6. The van der Waals surface area contributed by atoms with E-state index in [-0.39, 0.29) is 0 Å². The Bertz CT molecular complexity index is 284. The molecule has 0 amide bonds. The van der Waals surface area contributed by atoms with Gasteiger partial charge in [-0.25, -0.2) is 0 Å². The van der Waals surface area contributed by atoms with Gasteiger partial charge in [0.1, 0.15) is 0 Å². The maximum atomic E-state index is 4.15. The molecule has 2 nitrogen and oxygen atoms in total. The molecule has 15 heavy (non-hydrogen) atoms. The summed E-state index contributed by atoms with van der Waals surface area (Å²) in [6, 6.07) is 2.64. The lowest BCUT2D eigenvalue weighted by atomic mass is 10.1. The van der Waals surface area contributed by atoms with Crippen molar-refractivity contribution in [3.63, 3.8) is 0 Å². The van der Waals surface area contributed by atoms with Crippen molar-refractivity contribution < 1.29 is 0 Å². The molecule has 0 aliphatic carbocycles. The van der Waals surface area contributed by atoms with Crippen molar-refractivity contribution >= 4 is 5.69 Å². The number of unbranched alkanes of at least 4 members (excludes halogenated alkanes) is 1. The minimum atomic E-state index is 0.591. The van der Waals surface area contributed by atoms with E-state index in [0.29, 0.717) is 6.04 Å². The van der Waals surface area contributed by atoms with Crippen LogP contribution in [0.25, 0.3) is 0 Å². The molecular formula is C13H22N2. The van der Waals surface area contributed by atoms with Crippen LogP contribution in [0.1, 0.15) is 45.1 Å². The number of nitrogens with one attached hydrogen (secondary N) is 1. The average Bonchev–Trinajstić information content (AvgIpc) is 2.26. The Hall–Kier alpha value is -1.05. The van der Waals surface area contributed by atoms with Crippen LogP contribution < -0.4 is 5.32 Å². The van der Waals surface area contributed by atoms with Gasteiger partial charge in [0.15, 0.2) is 0 Å². The van der Waals surface area contributed by atoms with Gasteiger partial charge >= 0.3 is 0 Å². The molecule has 0 aliphatic heterocycles. The number of hydrogen-bond donors (Lipinski definition) is 1. The highest BCUT2D eigenvalue weighted by Gasteiger charge is 2.06. The number of hydrogen-bond acceptors (Lipinski definition) is 2. The van der Waals surface area contributed by atoms with E-state index in [0.717, 1.165) is 0 Å². The van der Waals surface area contributed by atoms with E-state index in [1.807, 2.05) is 12.4 Å². The second-order valence-electron chi connectivity index (χ2n) is 4.08. The largest absolute Gasteiger partial charge is 0.381 e. The van der Waals surface area contributed by atoms with Crippen LogP contribution in [0.3, 0.4) is 0 Å². The highest BCUT2D eigenvalue weighted by molar-refractivity contribution is 5.48. The Morgan fingerprint density at radius 1 is 1.40 bits per heavy atom. The Kier molecular flexibility index (Phi) is 5.16. The molecular weight excluding hydrogens is 184 g/mol. The van der Waals surface area contributed by atoms with Gasteiger partial charge in [-0.2, -0.15) is 0 Å². The third kappa shape index (κ3) is 3.90. The Morgan fingerprint density at radius 3 is 2.80 bits per heavy atom. The summed E-state index contributed by atoms with van der Waals surface area (Å²) in [6.45, 7) is 6.59. The van der Waals surface area contributed by atoms with Crippen LogP contribution in [0.4, 0.5) is 5.69 Å². The second-order valence-corrected chi connectivity index (χ2v) is 4.08. The average molecular weight is 206 g/mol. The number of pyridine rings is 1. The highest BCUT2D eigenvalue weighted by atomic mass is 14.9. The van der Waals surface area contributed by atoms with Gasteiger partial charge in [-0.15, -0.1) is 0 Å². The summed E-state index contributed by atoms with van der Waals surface area (Å²) < 4.78 is 0. The topological polar surface area (TPSA) is 24.9 Å². The lowest BCUT2D eigenvalue weighted by Crippen LogP contribution is -2.18. The Labute approximate surface area is 93.1 Å². The van der Waals surface area contributed by atoms with Crippen LogP contribution in [0.2, 0.25) is 0 Å². The predicted octanol–water partition coefficient (Wildman–Crippen LogP) is 3.77. The molecule has 0 aromatic carbocycles. The molecule has 1 rings (SSSR count). The highest BCUT2D eigenvalue weighted by Crippen LogP contribution is 2.16. The molecule has 84 valence electrons. The normalized spacial score (nSPS) is 12.5. The summed E-state index contributed by atoms with van der Waals surface area (Å²) in [5, 5.41) is 3.57. The van der Waals surface area contributed by atoms with Crippen LogP contribution in [0.5, 0.6) is 0 Å². The molecule has 0 fully saturated rings. The zero-order chi connectivity index (χ0) is 11.1. The van der Waals surface area contributed by atoms with Crippen LogP contribution in [-0.4, -0.2) is 11.0 Å². The molecule has 1 aromatic heterocycles. The predicted molar refractivity (Wildman–Crippen MR) is 66.2 cm³/mol. The molecule has 1 aromatic rings. The molecule has 0 aliphatic rings. The Balaban J connectivity index is 2.54. The maximum Gasteiger partial charge on any atom is 0.0558 e. The third-order valence-electron chi connectivity index (χ3n) is 2.80. The van der Waals surface area contributed by atoms with Crippen molar-refractivity contribution in [2.45, 2.75) is 52.5 Å². The maximum absolute atomic E-state index is 4.15. The molecule has 0 spiro atoms. The third-order valence-corrected chi connectivity index (χ3v) is 2.80. The molecule has 1 atom stereocenters. The van der Waals surface area contributed by atoms with E-state index < -0.39 is 0 Å². The van der Waals surface area contributed by atoms with Crippen LogP contribution in [0, 0.1) is 6.92 Å². The summed E-state index contributed by atoms with van der Waals surface area (Å²) in [5.74, 6) is 0. The fourth-order valence-electron chi connectivity index (χ4n) is 1.66. The molecule has 0 bridgehead atoms. The lowest BCUT2D eigenvalue weighted by Gasteiger charge is -2.18. The van der Waals surface area contributed by atoms with Gasteiger partial charge in [-0.3, -0.25) is 4.98 Å². The van der Waals surface area contributed by atoms with E-state index in [1.54, 1.807) is 0 Å². The second kappa shape index (κ2) is 6.44. The first-order chi connectivity index (χ1) is 7.27. The zero-order valence-electron chi connectivity index (χ0n) is 10.1. The Morgan fingerprint density at radius 2 is 2.20 bits per heavy atom. The van der Waals surface area contributed by atoms with E-state index in [2.05, 4.69) is 37.1 Å². The molecule has 2 heteroatoms. The van der Waals surface area contributed by atoms with Crippen LogP contribution in [-0.2, 0) is 0 Å². The van der Waals surface area contributed by atoms with Crippen molar-refractivity contribution in [1.29, 1.82) is 0 Å². The fourth-order valence-corrected chi connectivity index (χ4v) is 1.66. The summed E-state index contributed by atoms with van der Waals surface area (Å²) in [5.41, 5.74) is 2.46. The number of anilines is 1. The van der Waals surface area contributed by atoms with Gasteiger partial charge in [0.2, 0.25) is 0 Å². The number of aryl methyl sites for hydroxylation is 1. The van der Waals surface area contributed by atoms with Crippen molar-refractivity contribution in [3.05, 3.63) is 24.0 Å². The number of aromatic nitrogens is 1. The minimum Gasteiger partial charge on any atom is -0.381 e. The smallest absolute Gasteiger partial charge is 0.0558 e. The lowest BCUT2D eigenvalue weighted by molar-refractivity contribution is 0.593. The molecule has 1 N–H and O–H groups in total. The fraction of sp³-hybridized carbons (Fsp3) is 0.615. The van der Waals surface area contributed by atoms with Gasteiger partial charge < -0.3 is 5.32 Å². The van der Waals surface area contributed by atoms with Crippen molar-refractivity contribution in [2.75, 3.05) is 5.32 Å². The van der Waals surface area contributed by atoms with Crippen LogP contribution >= 0.6 is 0 Å². The summed E-state index contributed by atoms with van der Waals surface area (Å²) >= 11 is 0. The standard InChI is InChI=1S/C13H22N2/c1-4-6-7-12(5-2)15-13-10-14-9-8-11(13)3/h8-10,12,15H,4-7H2,1-3H3. The van der Waals surface area contributed by atoms with Gasteiger partial charge in [0.05, 0.1) is 11.9 Å². The molecule has 1 unspecified atom stereocenters. The molecule has 1 heterocycles. The number of nitrogens with zero attached hydrogens (tertiary/aromatic N) is 1. The van der Waals surface area contributed by atoms with Gasteiger partial charge in [-0.1, -0.05) is 26.7 Å². The van der Waals surface area contributed by atoms with E-state index >= 15 is 0 Å². The SMILES string of the molecule is CCCCC(CC)Nc1cnccc1C. The molecule has 0 radical (unpaired) electrons. The summed E-state index contributed by atoms with van der Waals surface area (Å²) in [4.78, 5) is 4.15. The van der Waals surface area contributed by atoms with Crippen molar-refractivity contribution in [2.24, 2.45) is 0 Å². The minimum absolute atomic E-state index is 0.591. The first-order valence-corrected chi connectivity index (χ1v) is 5.95. The quantitative estimate of drug-likeness (QED) is 0.766. The van der Waals surface area contributed by atoms with Gasteiger partial charge in [-0.05, 0) is 31.4 Å². The summed E-state index contributed by atoms with van der Waals surface area (Å²) in [6.07, 6.45) is 8.75. The van der Waals surface area contributed by atoms with Gasteiger partial charge in [0.25, 0.3) is 0 Å². The van der Waals surface area contributed by atoms with E-state index in [9.17, 15) is 0 Å². The summed E-state index contributed by atoms with van der Waals surface area (Å²) in [7, 11) is 0. The van der Waals surface area contributed by atoms with Crippen molar-refractivity contribution in [1.82, 2.24) is 4.98 Å². The van der Waals surface area contributed by atoms with Crippen LogP contribution in [0.15, 0.2) is 18.5 Å². The molecule has 0 saturated heterocycles. The van der Waals surface area contributed by atoms with E-state index in [1.165, 1.54) is 36.9 Å². The zero-order valence-corrected chi connectivity index (χ0v) is 10.1.